The van der Waals surface area contributed by atoms with Gasteiger partial charge in [-0.25, -0.2) is 4.98 Å². The zero-order valence-corrected chi connectivity index (χ0v) is 9.27. The molecule has 16 heavy (non-hydrogen) atoms. The molecule has 0 amide bonds. The maximum atomic E-state index is 11.4. The van der Waals surface area contributed by atoms with Crippen LogP contribution in [-0.2, 0) is 14.3 Å². The average Bonchev–Trinajstić information content (AvgIpc) is 2.17. The van der Waals surface area contributed by atoms with Gasteiger partial charge in [-0.15, -0.1) is 0 Å². The van der Waals surface area contributed by atoms with Crippen LogP contribution in [0.15, 0.2) is 18.3 Å². The van der Waals surface area contributed by atoms with E-state index in [1.807, 2.05) is 0 Å². The van der Waals surface area contributed by atoms with Crippen molar-refractivity contribution in [2.45, 2.75) is 12.8 Å². The number of nitrogens with zero attached hydrogens (tertiary/aromatic N) is 1. The van der Waals surface area contributed by atoms with E-state index in [1.165, 1.54) is 18.3 Å². The summed E-state index contributed by atoms with van der Waals surface area (Å²) in [6, 6.07) is 2.75. The van der Waals surface area contributed by atoms with E-state index in [2.05, 4.69) is 9.72 Å². The van der Waals surface area contributed by atoms with Crippen LogP contribution in [0.3, 0.4) is 0 Å². The molecule has 1 N–H and O–H groups in total. The Morgan fingerprint density at radius 1 is 1.62 bits per heavy atom. The zero-order valence-electron chi connectivity index (χ0n) is 8.51. The van der Waals surface area contributed by atoms with Gasteiger partial charge in [0.25, 0.3) is 0 Å². The van der Waals surface area contributed by atoms with Crippen molar-refractivity contribution in [2.24, 2.45) is 0 Å². The molecule has 6 heteroatoms. The summed E-state index contributed by atoms with van der Waals surface area (Å²) in [5.41, 5.74) is 0.256. The van der Waals surface area contributed by atoms with Crippen LogP contribution < -0.4 is 0 Å². The normalized spacial score (nSPS) is 11.9. The highest BCUT2D eigenvalue weighted by Gasteiger charge is 2.29. The lowest BCUT2D eigenvalue weighted by molar-refractivity contribution is -0.153. The fourth-order valence-corrected chi connectivity index (χ4v) is 1.38. The first-order chi connectivity index (χ1) is 7.56. The van der Waals surface area contributed by atoms with Crippen LogP contribution in [0.25, 0.3) is 0 Å². The summed E-state index contributed by atoms with van der Waals surface area (Å²) in [6.45, 7) is 1.73. The van der Waals surface area contributed by atoms with Crippen LogP contribution in [0.1, 0.15) is 18.4 Å². The Kier molecular flexibility index (Phi) is 4.25. The second-order valence-electron chi connectivity index (χ2n) is 2.94. The molecule has 0 aromatic carbocycles. The van der Waals surface area contributed by atoms with Crippen molar-refractivity contribution in [3.8, 4) is 0 Å². The molecule has 1 aromatic heterocycles. The van der Waals surface area contributed by atoms with Gasteiger partial charge in [0.05, 0.1) is 6.61 Å². The molecule has 0 saturated carbocycles. The molecular weight excluding hydrogens is 234 g/mol. The Bertz CT molecular complexity index is 408. The molecule has 1 rings (SSSR count). The Labute approximate surface area is 97.0 Å². The second-order valence-corrected chi connectivity index (χ2v) is 3.32. The van der Waals surface area contributed by atoms with Gasteiger partial charge in [-0.2, -0.15) is 0 Å². The van der Waals surface area contributed by atoms with Crippen LogP contribution in [0.2, 0.25) is 5.15 Å². The van der Waals surface area contributed by atoms with Crippen molar-refractivity contribution in [2.75, 3.05) is 6.61 Å². The van der Waals surface area contributed by atoms with E-state index in [-0.39, 0.29) is 17.3 Å². The number of hydrogen-bond donors (Lipinski definition) is 1. The van der Waals surface area contributed by atoms with Crippen LogP contribution in [0.4, 0.5) is 0 Å². The second kappa shape index (κ2) is 5.46. The number of halogens is 1. The molecule has 0 fully saturated rings. The fourth-order valence-electron chi connectivity index (χ4n) is 1.20. The summed E-state index contributed by atoms with van der Waals surface area (Å²) in [6.07, 6.45) is 1.34. The third kappa shape index (κ3) is 2.93. The van der Waals surface area contributed by atoms with Gasteiger partial charge in [-0.05, 0) is 24.6 Å². The van der Waals surface area contributed by atoms with E-state index < -0.39 is 17.9 Å². The first-order valence-corrected chi connectivity index (χ1v) is 4.95. The van der Waals surface area contributed by atoms with Gasteiger partial charge in [0, 0.05) is 6.20 Å². The molecule has 1 heterocycles. The van der Waals surface area contributed by atoms with E-state index in [0.29, 0.717) is 0 Å². The first kappa shape index (κ1) is 12.4. The van der Waals surface area contributed by atoms with E-state index >= 15 is 0 Å². The summed E-state index contributed by atoms with van der Waals surface area (Å²) in [7, 11) is 0. The fraction of sp³-hybridized carbons (Fsp3) is 0.300. The summed E-state index contributed by atoms with van der Waals surface area (Å²) < 4.78 is 4.68. The third-order valence-corrected chi connectivity index (χ3v) is 2.06. The average molecular weight is 244 g/mol. The molecule has 0 spiro atoms. The zero-order chi connectivity index (χ0) is 12.1. The standard InChI is InChI=1S/C10H10ClNO4/c1-2-16-10(15)8(9(13)14)6-3-4-12-7(11)5-6/h3-5,8H,2H2,1H3,(H,13,14). The Morgan fingerprint density at radius 2 is 2.31 bits per heavy atom. The molecule has 86 valence electrons. The Hall–Kier alpha value is -1.62. The topological polar surface area (TPSA) is 76.5 Å². The predicted octanol–water partition coefficient (Wildman–Crippen LogP) is 1.47. The third-order valence-electron chi connectivity index (χ3n) is 1.85. The summed E-state index contributed by atoms with van der Waals surface area (Å²) in [5.74, 6) is -3.45. The van der Waals surface area contributed by atoms with Gasteiger partial charge in [-0.1, -0.05) is 11.6 Å². The lowest BCUT2D eigenvalue weighted by Crippen LogP contribution is -2.23. The maximum absolute atomic E-state index is 11.4. The molecule has 0 bridgehead atoms. The molecule has 1 atom stereocenters. The van der Waals surface area contributed by atoms with Crippen LogP contribution in [0, 0.1) is 0 Å². The van der Waals surface area contributed by atoms with Gasteiger partial charge in [-0.3, -0.25) is 9.59 Å². The van der Waals surface area contributed by atoms with Crippen molar-refractivity contribution < 1.29 is 19.4 Å². The predicted molar refractivity (Wildman–Crippen MR) is 56.3 cm³/mol. The minimum atomic E-state index is -1.36. The Balaban J connectivity index is 3.03. The van der Waals surface area contributed by atoms with Gasteiger partial charge >= 0.3 is 11.9 Å². The molecule has 1 unspecified atom stereocenters. The van der Waals surface area contributed by atoms with Gasteiger partial charge in [0.2, 0.25) is 0 Å². The number of pyridine rings is 1. The van der Waals surface area contributed by atoms with Crippen LogP contribution in [-0.4, -0.2) is 28.6 Å². The van der Waals surface area contributed by atoms with Crippen molar-refractivity contribution in [1.82, 2.24) is 4.98 Å². The van der Waals surface area contributed by atoms with Crippen molar-refractivity contribution >= 4 is 23.5 Å². The maximum Gasteiger partial charge on any atom is 0.324 e. The molecule has 0 aliphatic carbocycles. The van der Waals surface area contributed by atoms with Gasteiger partial charge in [0.15, 0.2) is 5.92 Å². The highest BCUT2D eigenvalue weighted by molar-refractivity contribution is 6.29. The molecule has 0 radical (unpaired) electrons. The van der Waals surface area contributed by atoms with Crippen molar-refractivity contribution in [3.05, 3.63) is 29.0 Å². The highest BCUT2D eigenvalue weighted by atomic mass is 35.5. The lowest BCUT2D eigenvalue weighted by atomic mass is 10.0. The number of aromatic nitrogens is 1. The molecular formula is C10H10ClNO4. The SMILES string of the molecule is CCOC(=O)C(C(=O)O)c1ccnc(Cl)c1. The smallest absolute Gasteiger partial charge is 0.324 e. The van der Waals surface area contributed by atoms with Crippen molar-refractivity contribution in [1.29, 1.82) is 0 Å². The first-order valence-electron chi connectivity index (χ1n) is 4.57. The van der Waals surface area contributed by atoms with Crippen molar-refractivity contribution in [3.63, 3.8) is 0 Å². The number of carboxylic acid groups (broad SMARTS) is 1. The number of rotatable bonds is 4. The van der Waals surface area contributed by atoms with E-state index in [9.17, 15) is 9.59 Å². The van der Waals surface area contributed by atoms with E-state index in [4.69, 9.17) is 16.7 Å². The van der Waals surface area contributed by atoms with Gasteiger partial charge < -0.3 is 9.84 Å². The molecule has 0 saturated heterocycles. The Morgan fingerprint density at radius 3 is 2.81 bits per heavy atom. The number of carboxylic acids is 1. The van der Waals surface area contributed by atoms with E-state index in [0.717, 1.165) is 0 Å². The minimum Gasteiger partial charge on any atom is -0.480 e. The molecule has 5 nitrogen and oxygen atoms in total. The molecule has 1 aromatic rings. The molecule has 0 aliphatic heterocycles. The minimum absolute atomic E-state index is 0.126. The number of carbonyl (C=O) groups excluding carboxylic acids is 1. The molecule has 0 aliphatic rings. The number of hydrogen-bond acceptors (Lipinski definition) is 4. The quantitative estimate of drug-likeness (QED) is 0.492. The van der Waals surface area contributed by atoms with Crippen LogP contribution in [0.5, 0.6) is 0 Å². The summed E-state index contributed by atoms with van der Waals surface area (Å²) >= 11 is 5.62. The largest absolute Gasteiger partial charge is 0.480 e. The number of carbonyl (C=O) groups is 2. The number of aliphatic carboxylic acids is 1. The van der Waals surface area contributed by atoms with Crippen LogP contribution >= 0.6 is 11.6 Å². The van der Waals surface area contributed by atoms with Gasteiger partial charge in [0.1, 0.15) is 5.15 Å². The number of esters is 1. The monoisotopic (exact) mass is 243 g/mol. The summed E-state index contributed by atoms with van der Waals surface area (Å²) in [5, 5.41) is 9.08. The number of ether oxygens (including phenoxy) is 1. The lowest BCUT2D eigenvalue weighted by Gasteiger charge is -2.11. The van der Waals surface area contributed by atoms with E-state index in [1.54, 1.807) is 6.92 Å². The highest BCUT2D eigenvalue weighted by Crippen LogP contribution is 2.20. The summed E-state index contributed by atoms with van der Waals surface area (Å²) in [4.78, 5) is 26.1.